The highest BCUT2D eigenvalue weighted by molar-refractivity contribution is 7.91. The van der Waals surface area contributed by atoms with Crippen LogP contribution in [0.3, 0.4) is 0 Å². The van der Waals surface area contributed by atoms with E-state index in [9.17, 15) is 8.42 Å². The van der Waals surface area contributed by atoms with Gasteiger partial charge in [0.05, 0.1) is 10.6 Å². The highest BCUT2D eigenvalue weighted by atomic mass is 35.5. The Morgan fingerprint density at radius 1 is 1.23 bits per heavy atom. The summed E-state index contributed by atoms with van der Waals surface area (Å²) in [6.45, 7) is 1.49. The first-order valence-electron chi connectivity index (χ1n) is 7.42. The van der Waals surface area contributed by atoms with Crippen molar-refractivity contribution in [1.82, 2.24) is 9.88 Å². The number of nitrogens with zero attached hydrogens (tertiary/aromatic N) is 1. The number of aromatic amines is 1. The predicted octanol–water partition coefficient (Wildman–Crippen LogP) is 3.28. The largest absolute Gasteiger partial charge is 0.364 e. The van der Waals surface area contributed by atoms with Crippen LogP contribution in [0.15, 0.2) is 47.5 Å². The summed E-state index contributed by atoms with van der Waals surface area (Å²) < 4.78 is 24.8. The van der Waals surface area contributed by atoms with Gasteiger partial charge in [0.1, 0.15) is 0 Å². The summed E-state index contributed by atoms with van der Waals surface area (Å²) in [6, 6.07) is 10.7. The van der Waals surface area contributed by atoms with E-state index in [1.165, 1.54) is 5.69 Å². The van der Waals surface area contributed by atoms with Crippen molar-refractivity contribution in [2.24, 2.45) is 0 Å². The third kappa shape index (κ3) is 3.37. The van der Waals surface area contributed by atoms with Crippen molar-refractivity contribution in [2.45, 2.75) is 23.8 Å². The number of hydrogen-bond donors (Lipinski definition) is 1. The smallest absolute Gasteiger partial charge is 0.179 e. The van der Waals surface area contributed by atoms with Crippen molar-refractivity contribution in [3.8, 4) is 0 Å². The molecule has 1 aromatic heterocycles. The minimum Gasteiger partial charge on any atom is -0.364 e. The number of sulfone groups is 1. The second-order valence-electron chi connectivity index (χ2n) is 5.59. The summed E-state index contributed by atoms with van der Waals surface area (Å²) in [5.41, 5.74) is 1.17. The maximum absolute atomic E-state index is 12.4. The van der Waals surface area contributed by atoms with Crippen molar-refractivity contribution in [2.75, 3.05) is 18.8 Å². The van der Waals surface area contributed by atoms with Crippen LogP contribution in [0.25, 0.3) is 0 Å². The SMILES string of the molecule is O=S(=O)(CCN1CCC[C@@H]1c1ccc[nH]1)c1ccc(Cl)cc1. The molecule has 1 aliphatic rings. The van der Waals surface area contributed by atoms with E-state index >= 15 is 0 Å². The Labute approximate surface area is 136 Å². The van der Waals surface area contributed by atoms with Crippen molar-refractivity contribution in [3.63, 3.8) is 0 Å². The monoisotopic (exact) mass is 338 g/mol. The van der Waals surface area contributed by atoms with E-state index in [1.807, 2.05) is 12.3 Å². The Kier molecular flexibility index (Phi) is 4.57. The standard InChI is InChI=1S/C16H19ClN2O2S/c17-13-5-7-14(8-6-13)22(20,21)12-11-19-10-2-4-16(19)15-3-1-9-18-15/h1,3,5-9,16,18H,2,4,10-12H2/t16-/m1/s1. The van der Waals surface area contributed by atoms with Gasteiger partial charge in [-0.05, 0) is 55.8 Å². The molecule has 22 heavy (non-hydrogen) atoms. The fourth-order valence-corrected chi connectivity index (χ4v) is 4.38. The Hall–Kier alpha value is -1.30. The molecule has 0 unspecified atom stereocenters. The quantitative estimate of drug-likeness (QED) is 0.910. The molecule has 1 aromatic carbocycles. The first kappa shape index (κ1) is 15.6. The molecule has 6 heteroatoms. The highest BCUT2D eigenvalue weighted by Crippen LogP contribution is 2.30. The Bertz CT molecular complexity index is 711. The molecule has 1 N–H and O–H groups in total. The van der Waals surface area contributed by atoms with Crippen LogP contribution in [-0.4, -0.2) is 37.1 Å². The molecule has 1 saturated heterocycles. The normalized spacial score (nSPS) is 19.6. The summed E-state index contributed by atoms with van der Waals surface area (Å²) in [5, 5.41) is 0.547. The molecule has 3 rings (SSSR count). The molecule has 0 radical (unpaired) electrons. The van der Waals surface area contributed by atoms with Crippen LogP contribution in [0, 0.1) is 0 Å². The van der Waals surface area contributed by atoms with Crippen molar-refractivity contribution in [3.05, 3.63) is 53.3 Å². The second kappa shape index (κ2) is 6.44. The average Bonchev–Trinajstić information content (AvgIpc) is 3.16. The van der Waals surface area contributed by atoms with Gasteiger partial charge in [-0.1, -0.05) is 11.6 Å². The molecule has 1 atom stereocenters. The zero-order chi connectivity index (χ0) is 15.6. The van der Waals surface area contributed by atoms with Crippen molar-refractivity contribution >= 4 is 21.4 Å². The molecule has 0 spiro atoms. The third-order valence-electron chi connectivity index (χ3n) is 4.16. The lowest BCUT2D eigenvalue weighted by atomic mass is 10.1. The van der Waals surface area contributed by atoms with E-state index in [4.69, 9.17) is 11.6 Å². The molecule has 1 fully saturated rings. The molecule has 2 aromatic rings. The number of H-pyrrole nitrogens is 1. The van der Waals surface area contributed by atoms with Crippen LogP contribution >= 0.6 is 11.6 Å². The topological polar surface area (TPSA) is 53.2 Å². The number of nitrogens with one attached hydrogen (secondary N) is 1. The molecule has 0 saturated carbocycles. The Balaban J connectivity index is 1.67. The molecule has 0 bridgehead atoms. The molecular weight excluding hydrogens is 320 g/mol. The van der Waals surface area contributed by atoms with Crippen LogP contribution < -0.4 is 0 Å². The highest BCUT2D eigenvalue weighted by Gasteiger charge is 2.28. The van der Waals surface area contributed by atoms with E-state index in [2.05, 4.69) is 16.0 Å². The number of benzene rings is 1. The summed E-state index contributed by atoms with van der Waals surface area (Å²) >= 11 is 5.81. The molecule has 4 nitrogen and oxygen atoms in total. The van der Waals surface area contributed by atoms with Gasteiger partial charge in [-0.2, -0.15) is 0 Å². The lowest BCUT2D eigenvalue weighted by Crippen LogP contribution is -2.29. The molecule has 118 valence electrons. The third-order valence-corrected chi connectivity index (χ3v) is 6.13. The molecule has 2 heterocycles. The van der Waals surface area contributed by atoms with Crippen molar-refractivity contribution < 1.29 is 8.42 Å². The second-order valence-corrected chi connectivity index (χ2v) is 8.14. The fraction of sp³-hybridized carbons (Fsp3) is 0.375. The van der Waals surface area contributed by atoms with Gasteiger partial charge in [0, 0.05) is 29.5 Å². The molecule has 0 aliphatic carbocycles. The maximum atomic E-state index is 12.4. The average molecular weight is 339 g/mol. The predicted molar refractivity (Wildman–Crippen MR) is 87.8 cm³/mol. The van der Waals surface area contributed by atoms with E-state index in [1.54, 1.807) is 24.3 Å². The first-order valence-corrected chi connectivity index (χ1v) is 9.45. The Morgan fingerprint density at radius 3 is 2.68 bits per heavy atom. The number of rotatable bonds is 5. The maximum Gasteiger partial charge on any atom is 0.179 e. The molecular formula is C16H19ClN2O2S. The molecule has 1 aliphatic heterocycles. The van der Waals surface area contributed by atoms with Crippen LogP contribution in [0.2, 0.25) is 5.02 Å². The summed E-state index contributed by atoms with van der Waals surface area (Å²) in [4.78, 5) is 5.83. The number of likely N-dealkylation sites (tertiary alicyclic amines) is 1. The van der Waals surface area contributed by atoms with Crippen LogP contribution in [-0.2, 0) is 9.84 Å². The minimum absolute atomic E-state index is 0.131. The number of hydrogen-bond acceptors (Lipinski definition) is 3. The van der Waals surface area contributed by atoms with Gasteiger partial charge in [0.25, 0.3) is 0 Å². The lowest BCUT2D eigenvalue weighted by molar-refractivity contribution is 0.268. The summed E-state index contributed by atoms with van der Waals surface area (Å²) in [6.07, 6.45) is 4.09. The summed E-state index contributed by atoms with van der Waals surface area (Å²) in [5.74, 6) is 0.131. The summed E-state index contributed by atoms with van der Waals surface area (Å²) in [7, 11) is -3.27. The van der Waals surface area contributed by atoms with E-state index in [-0.39, 0.29) is 5.75 Å². The Morgan fingerprint density at radius 2 is 2.00 bits per heavy atom. The van der Waals surface area contributed by atoms with Gasteiger partial charge >= 0.3 is 0 Å². The minimum atomic E-state index is -3.27. The van der Waals surface area contributed by atoms with Gasteiger partial charge < -0.3 is 4.98 Å². The first-order chi connectivity index (χ1) is 10.6. The van der Waals surface area contributed by atoms with E-state index in [0.717, 1.165) is 19.4 Å². The van der Waals surface area contributed by atoms with Gasteiger partial charge in [-0.15, -0.1) is 0 Å². The van der Waals surface area contributed by atoms with Crippen LogP contribution in [0.1, 0.15) is 24.6 Å². The van der Waals surface area contributed by atoms with Gasteiger partial charge in [-0.25, -0.2) is 8.42 Å². The number of halogens is 1. The molecule has 0 amide bonds. The number of aromatic nitrogens is 1. The van der Waals surface area contributed by atoms with Crippen molar-refractivity contribution in [1.29, 1.82) is 0 Å². The van der Waals surface area contributed by atoms with Crippen LogP contribution in [0.4, 0.5) is 0 Å². The van der Waals surface area contributed by atoms with E-state index < -0.39 is 9.84 Å². The fourth-order valence-electron chi connectivity index (χ4n) is 2.99. The van der Waals surface area contributed by atoms with Gasteiger partial charge in [0.15, 0.2) is 9.84 Å². The zero-order valence-electron chi connectivity index (χ0n) is 12.2. The lowest BCUT2D eigenvalue weighted by Gasteiger charge is -2.23. The van der Waals surface area contributed by atoms with Crippen LogP contribution in [0.5, 0.6) is 0 Å². The van der Waals surface area contributed by atoms with Gasteiger partial charge in [-0.3, -0.25) is 4.90 Å². The van der Waals surface area contributed by atoms with E-state index in [0.29, 0.717) is 22.5 Å². The van der Waals surface area contributed by atoms with Gasteiger partial charge in [0.2, 0.25) is 0 Å². The zero-order valence-corrected chi connectivity index (χ0v) is 13.8.